The second kappa shape index (κ2) is 62.4. The molecule has 0 saturated carbocycles. The second-order valence-electron chi connectivity index (χ2n) is 21.3. The Kier molecular flexibility index (Phi) is 59.7. The highest BCUT2D eigenvalue weighted by Crippen LogP contribution is 2.17. The smallest absolute Gasteiger partial charge is 0.306 e. The summed E-state index contributed by atoms with van der Waals surface area (Å²) in [7, 11) is 0. The van der Waals surface area contributed by atoms with Crippen LogP contribution in [0.5, 0.6) is 0 Å². The minimum Gasteiger partial charge on any atom is -0.462 e. The summed E-state index contributed by atoms with van der Waals surface area (Å²) >= 11 is 0. The lowest BCUT2D eigenvalue weighted by molar-refractivity contribution is -0.167. The minimum atomic E-state index is -0.785. The average Bonchev–Trinajstić information content (AvgIpc) is 3.40. The van der Waals surface area contributed by atoms with Crippen molar-refractivity contribution in [3.63, 3.8) is 0 Å². The molecule has 0 aromatic rings. The molecule has 428 valence electrons. The molecule has 6 heteroatoms. The molecular weight excluding hydrogens is 913 g/mol. The lowest BCUT2D eigenvalue weighted by Crippen LogP contribution is -2.30. The van der Waals surface area contributed by atoms with Crippen LogP contribution in [0.3, 0.4) is 0 Å². The Balaban J connectivity index is 4.04. The van der Waals surface area contributed by atoms with Gasteiger partial charge in [-0.15, -0.1) is 0 Å². The number of carbonyl (C=O) groups excluding carboxylic acids is 3. The van der Waals surface area contributed by atoms with Gasteiger partial charge in [0.05, 0.1) is 0 Å². The van der Waals surface area contributed by atoms with Gasteiger partial charge in [0.25, 0.3) is 0 Å². The second-order valence-corrected chi connectivity index (χ2v) is 21.3. The van der Waals surface area contributed by atoms with E-state index in [0.29, 0.717) is 19.3 Å². The molecule has 0 spiro atoms. The van der Waals surface area contributed by atoms with E-state index in [1.54, 1.807) is 0 Å². The van der Waals surface area contributed by atoms with Crippen LogP contribution < -0.4 is 0 Å². The highest BCUT2D eigenvalue weighted by Gasteiger charge is 2.19. The number of hydrogen-bond acceptors (Lipinski definition) is 6. The van der Waals surface area contributed by atoms with Crippen molar-refractivity contribution >= 4 is 17.9 Å². The summed E-state index contributed by atoms with van der Waals surface area (Å²) in [5, 5.41) is 0. The van der Waals surface area contributed by atoms with Crippen molar-refractivity contribution in [2.24, 2.45) is 0 Å². The Bertz CT molecular complexity index is 1370. The van der Waals surface area contributed by atoms with Gasteiger partial charge in [-0.05, 0) is 70.6 Å². The van der Waals surface area contributed by atoms with Crippen LogP contribution in [0.1, 0.15) is 323 Å². The zero-order valence-corrected chi connectivity index (χ0v) is 49.1. The van der Waals surface area contributed by atoms with Gasteiger partial charge in [0.1, 0.15) is 13.2 Å². The molecule has 0 N–H and O–H groups in total. The van der Waals surface area contributed by atoms with Crippen molar-refractivity contribution < 1.29 is 28.6 Å². The fourth-order valence-corrected chi connectivity index (χ4v) is 9.21. The first-order valence-electron chi connectivity index (χ1n) is 31.9. The van der Waals surface area contributed by atoms with Gasteiger partial charge in [0.2, 0.25) is 0 Å². The molecule has 0 aromatic heterocycles. The third-order valence-corrected chi connectivity index (χ3v) is 14.0. The van der Waals surface area contributed by atoms with Gasteiger partial charge in [-0.1, -0.05) is 306 Å². The number of rotatable bonds is 58. The lowest BCUT2D eigenvalue weighted by Gasteiger charge is -2.18. The number of unbranched alkanes of at least 4 members (excludes halogenated alkanes) is 35. The molecule has 1 atom stereocenters. The molecule has 0 aromatic carbocycles. The number of esters is 3. The van der Waals surface area contributed by atoms with E-state index in [0.717, 1.165) is 116 Å². The molecule has 0 saturated heterocycles. The van der Waals surface area contributed by atoms with E-state index in [2.05, 4.69) is 93.7 Å². The molecule has 0 aliphatic rings. The topological polar surface area (TPSA) is 78.9 Å². The summed E-state index contributed by atoms with van der Waals surface area (Å²) in [5.74, 6) is -0.911. The van der Waals surface area contributed by atoms with Crippen LogP contribution in [0, 0.1) is 0 Å². The lowest BCUT2D eigenvalue weighted by atomic mass is 10.0. The van der Waals surface area contributed by atoms with Gasteiger partial charge in [0, 0.05) is 19.3 Å². The summed E-state index contributed by atoms with van der Waals surface area (Å²) in [6, 6.07) is 0. The van der Waals surface area contributed by atoms with Crippen LogP contribution in [0.25, 0.3) is 0 Å². The molecule has 74 heavy (non-hydrogen) atoms. The Morgan fingerprint density at radius 3 is 0.824 bits per heavy atom. The van der Waals surface area contributed by atoms with Crippen molar-refractivity contribution in [2.75, 3.05) is 13.2 Å². The molecule has 0 fully saturated rings. The molecule has 0 radical (unpaired) electrons. The Morgan fingerprint density at radius 1 is 0.284 bits per heavy atom. The first-order chi connectivity index (χ1) is 36.5. The SMILES string of the molecule is CC/C=C\C/C=C\C/C=C\C/C=C\C/C=C\C/C=C\CCCCCCC(=O)OC(COC(=O)CCCCCCC)COC(=O)CCCCCCCCCCCCCCCCCCCCCCCCCCCCCC. The van der Waals surface area contributed by atoms with Crippen LogP contribution in [0.4, 0.5) is 0 Å². The van der Waals surface area contributed by atoms with Crippen LogP contribution in [0.15, 0.2) is 72.9 Å². The van der Waals surface area contributed by atoms with Crippen molar-refractivity contribution in [2.45, 2.75) is 329 Å². The standard InChI is InChI=1S/C68H120O6/c1-4-7-10-13-15-17-19-21-23-25-27-29-31-32-33-34-35-37-38-40-42-44-46-48-50-52-55-58-61-67(70)73-64-65(63-72-66(69)60-57-54-12-9-6-3)74-68(71)62-59-56-53-51-49-47-45-43-41-39-36-30-28-26-24-22-20-18-16-14-11-8-5-2/h8,11,16,18,22,24,28,30,39,41,45,47,65H,4-7,9-10,12-15,17,19-21,23,25-27,29,31-38,40,42-44,46,48-64H2,1-3H3/b11-8-,18-16-,24-22-,30-28-,41-39-,47-45-. The summed E-state index contributed by atoms with van der Waals surface area (Å²) < 4.78 is 16.7. The summed E-state index contributed by atoms with van der Waals surface area (Å²) in [4.78, 5) is 37.9. The molecule has 0 aliphatic carbocycles. The van der Waals surface area contributed by atoms with Crippen LogP contribution in [0.2, 0.25) is 0 Å². The normalized spacial score (nSPS) is 12.5. The van der Waals surface area contributed by atoms with Gasteiger partial charge in [-0.3, -0.25) is 14.4 Å². The van der Waals surface area contributed by atoms with E-state index < -0.39 is 6.10 Å². The fourth-order valence-electron chi connectivity index (χ4n) is 9.21. The fraction of sp³-hybridized carbons (Fsp3) is 0.779. The van der Waals surface area contributed by atoms with E-state index in [1.807, 2.05) is 0 Å². The molecule has 0 heterocycles. The van der Waals surface area contributed by atoms with Gasteiger partial charge >= 0.3 is 17.9 Å². The molecule has 0 aliphatic heterocycles. The van der Waals surface area contributed by atoms with Gasteiger partial charge in [-0.2, -0.15) is 0 Å². The molecule has 1 unspecified atom stereocenters. The number of carbonyl (C=O) groups is 3. The quantitative estimate of drug-likeness (QED) is 0.0261. The van der Waals surface area contributed by atoms with Crippen LogP contribution >= 0.6 is 0 Å². The number of allylic oxidation sites excluding steroid dienone is 12. The number of hydrogen-bond donors (Lipinski definition) is 0. The monoisotopic (exact) mass is 1030 g/mol. The van der Waals surface area contributed by atoms with E-state index in [-0.39, 0.29) is 31.1 Å². The Morgan fingerprint density at radius 2 is 0.527 bits per heavy atom. The van der Waals surface area contributed by atoms with E-state index >= 15 is 0 Å². The van der Waals surface area contributed by atoms with Crippen LogP contribution in [-0.4, -0.2) is 37.2 Å². The third kappa shape index (κ3) is 59.7. The predicted molar refractivity (Wildman–Crippen MR) is 321 cm³/mol. The maximum atomic E-state index is 12.8. The maximum Gasteiger partial charge on any atom is 0.306 e. The minimum absolute atomic E-state index is 0.0835. The molecule has 0 amide bonds. The number of ether oxygens (including phenoxy) is 3. The average molecular weight is 1030 g/mol. The first-order valence-corrected chi connectivity index (χ1v) is 31.9. The highest BCUT2D eigenvalue weighted by molar-refractivity contribution is 5.71. The predicted octanol–water partition coefficient (Wildman–Crippen LogP) is 21.7. The molecule has 6 nitrogen and oxygen atoms in total. The van der Waals surface area contributed by atoms with E-state index in [1.165, 1.54) is 167 Å². The Hall–Kier alpha value is -3.15. The van der Waals surface area contributed by atoms with E-state index in [4.69, 9.17) is 14.2 Å². The summed E-state index contributed by atoms with van der Waals surface area (Å²) in [6.07, 6.45) is 81.1. The van der Waals surface area contributed by atoms with Crippen LogP contribution in [-0.2, 0) is 28.6 Å². The Labute approximate surface area is 459 Å². The first kappa shape index (κ1) is 70.8. The molecule has 0 rings (SSSR count). The molecular formula is C68H120O6. The third-order valence-electron chi connectivity index (χ3n) is 14.0. The van der Waals surface area contributed by atoms with Gasteiger partial charge < -0.3 is 14.2 Å². The largest absolute Gasteiger partial charge is 0.462 e. The van der Waals surface area contributed by atoms with Crippen molar-refractivity contribution in [1.82, 2.24) is 0 Å². The summed E-state index contributed by atoms with van der Waals surface area (Å²) in [6.45, 7) is 6.46. The maximum absolute atomic E-state index is 12.8. The van der Waals surface area contributed by atoms with Gasteiger partial charge in [-0.25, -0.2) is 0 Å². The van der Waals surface area contributed by atoms with Crippen molar-refractivity contribution in [1.29, 1.82) is 0 Å². The van der Waals surface area contributed by atoms with E-state index in [9.17, 15) is 14.4 Å². The van der Waals surface area contributed by atoms with Crippen molar-refractivity contribution in [3.8, 4) is 0 Å². The zero-order valence-electron chi connectivity index (χ0n) is 49.1. The zero-order chi connectivity index (χ0) is 53.6. The van der Waals surface area contributed by atoms with Crippen molar-refractivity contribution in [3.05, 3.63) is 72.9 Å². The van der Waals surface area contributed by atoms with Gasteiger partial charge in [0.15, 0.2) is 6.10 Å². The highest BCUT2D eigenvalue weighted by atomic mass is 16.6. The summed E-state index contributed by atoms with van der Waals surface area (Å²) in [5.41, 5.74) is 0. The molecule has 0 bridgehead atoms.